The van der Waals surface area contributed by atoms with Crippen LogP contribution in [0, 0.1) is 0 Å². The number of hydrogen-bond acceptors (Lipinski definition) is 4. The average molecular weight is 253 g/mol. The molecule has 0 saturated carbocycles. The zero-order valence-corrected chi connectivity index (χ0v) is 11.5. The first-order valence-electron chi connectivity index (χ1n) is 6.42. The van der Waals surface area contributed by atoms with E-state index >= 15 is 0 Å². The second kappa shape index (κ2) is 8.78. The maximum Gasteiger partial charge on any atom is 0.161 e. The molecule has 102 valence electrons. The molecule has 0 bridgehead atoms. The summed E-state index contributed by atoms with van der Waals surface area (Å²) in [5.74, 6) is 1.57. The summed E-state index contributed by atoms with van der Waals surface area (Å²) in [5, 5.41) is 3.12. The lowest BCUT2D eigenvalue weighted by molar-refractivity contribution is 0.108. The van der Waals surface area contributed by atoms with Crippen LogP contribution in [0.3, 0.4) is 0 Å². The Morgan fingerprint density at radius 2 is 1.83 bits per heavy atom. The molecule has 0 heterocycles. The number of rotatable bonds is 9. The Morgan fingerprint density at radius 3 is 2.50 bits per heavy atom. The highest BCUT2D eigenvalue weighted by atomic mass is 16.5. The molecule has 0 spiro atoms. The van der Waals surface area contributed by atoms with Gasteiger partial charge in [0.1, 0.15) is 6.61 Å². The van der Waals surface area contributed by atoms with Crippen molar-refractivity contribution in [1.82, 2.24) is 5.32 Å². The Balaban J connectivity index is 2.63. The van der Waals surface area contributed by atoms with E-state index in [4.69, 9.17) is 14.2 Å². The molecule has 0 aliphatic heterocycles. The van der Waals surface area contributed by atoms with Gasteiger partial charge in [-0.15, -0.1) is 0 Å². The minimum atomic E-state index is 0.541. The van der Waals surface area contributed by atoms with Crippen LogP contribution >= 0.6 is 0 Å². The van der Waals surface area contributed by atoms with Gasteiger partial charge in [-0.2, -0.15) is 0 Å². The fourth-order valence-corrected chi connectivity index (χ4v) is 1.61. The van der Waals surface area contributed by atoms with Gasteiger partial charge in [-0.1, -0.05) is 6.07 Å². The average Bonchev–Trinajstić information content (AvgIpc) is 2.37. The summed E-state index contributed by atoms with van der Waals surface area (Å²) < 4.78 is 16.5. The third-order valence-electron chi connectivity index (χ3n) is 2.38. The van der Waals surface area contributed by atoms with Gasteiger partial charge in [0.2, 0.25) is 0 Å². The Morgan fingerprint density at radius 1 is 1.00 bits per heavy atom. The second-order valence-corrected chi connectivity index (χ2v) is 3.79. The number of ether oxygens (including phenoxy) is 3. The first-order chi connectivity index (χ1) is 8.81. The summed E-state index contributed by atoms with van der Waals surface area (Å²) in [6.07, 6.45) is 0. The summed E-state index contributed by atoms with van der Waals surface area (Å²) in [5.41, 5.74) is 1.18. The van der Waals surface area contributed by atoms with E-state index in [2.05, 4.69) is 5.32 Å². The topological polar surface area (TPSA) is 39.7 Å². The van der Waals surface area contributed by atoms with Gasteiger partial charge in [0.15, 0.2) is 11.5 Å². The van der Waals surface area contributed by atoms with Crippen LogP contribution in [0.15, 0.2) is 18.2 Å². The molecule has 0 amide bonds. The lowest BCUT2D eigenvalue weighted by Gasteiger charge is -2.13. The van der Waals surface area contributed by atoms with Gasteiger partial charge in [0, 0.05) is 13.2 Å². The third kappa shape index (κ3) is 4.94. The SMILES string of the molecule is CCOCCOc1ccc(CNC)cc1OCC. The van der Waals surface area contributed by atoms with Crippen molar-refractivity contribution >= 4 is 0 Å². The lowest BCUT2D eigenvalue weighted by atomic mass is 10.2. The minimum absolute atomic E-state index is 0.541. The van der Waals surface area contributed by atoms with Gasteiger partial charge in [0.05, 0.1) is 13.2 Å². The predicted octanol–water partition coefficient (Wildman–Crippen LogP) is 2.22. The molecule has 0 atom stereocenters. The largest absolute Gasteiger partial charge is 0.490 e. The summed E-state index contributed by atoms with van der Waals surface area (Å²) in [7, 11) is 1.92. The van der Waals surface area contributed by atoms with Crippen molar-refractivity contribution in [2.75, 3.05) is 33.5 Å². The van der Waals surface area contributed by atoms with Crippen LogP contribution in [0.5, 0.6) is 11.5 Å². The molecule has 18 heavy (non-hydrogen) atoms. The summed E-state index contributed by atoms with van der Waals surface area (Å²) in [6, 6.07) is 5.99. The summed E-state index contributed by atoms with van der Waals surface area (Å²) in [4.78, 5) is 0. The molecule has 0 unspecified atom stereocenters. The molecular formula is C14H23NO3. The van der Waals surface area contributed by atoms with E-state index in [9.17, 15) is 0 Å². The molecule has 0 aromatic heterocycles. The van der Waals surface area contributed by atoms with Crippen molar-refractivity contribution < 1.29 is 14.2 Å². The summed E-state index contributed by atoms with van der Waals surface area (Å²) in [6.45, 7) is 7.24. The maximum atomic E-state index is 5.65. The second-order valence-electron chi connectivity index (χ2n) is 3.79. The lowest BCUT2D eigenvalue weighted by Crippen LogP contribution is -2.09. The zero-order chi connectivity index (χ0) is 13.2. The quantitative estimate of drug-likeness (QED) is 0.685. The molecule has 1 aromatic carbocycles. The minimum Gasteiger partial charge on any atom is -0.490 e. The molecule has 1 N–H and O–H groups in total. The molecule has 1 rings (SSSR count). The standard InChI is InChI=1S/C14H23NO3/c1-4-16-8-9-18-13-7-6-12(11-15-3)10-14(13)17-5-2/h6-7,10,15H,4-5,8-9,11H2,1-3H3. The van der Waals surface area contributed by atoms with Crippen LogP contribution in [0.4, 0.5) is 0 Å². The van der Waals surface area contributed by atoms with E-state index in [1.807, 2.05) is 39.1 Å². The van der Waals surface area contributed by atoms with Gasteiger partial charge < -0.3 is 19.5 Å². The Labute approximate surface area is 109 Å². The molecule has 0 fully saturated rings. The maximum absolute atomic E-state index is 5.65. The Kier molecular flexibility index (Phi) is 7.22. The summed E-state index contributed by atoms with van der Waals surface area (Å²) >= 11 is 0. The molecule has 0 saturated heterocycles. The van der Waals surface area contributed by atoms with Gasteiger partial charge in [-0.3, -0.25) is 0 Å². The van der Waals surface area contributed by atoms with Crippen LogP contribution in [-0.2, 0) is 11.3 Å². The highest BCUT2D eigenvalue weighted by Gasteiger charge is 2.06. The third-order valence-corrected chi connectivity index (χ3v) is 2.38. The zero-order valence-electron chi connectivity index (χ0n) is 11.5. The molecule has 0 aliphatic rings. The smallest absolute Gasteiger partial charge is 0.161 e. The molecule has 1 aromatic rings. The highest BCUT2D eigenvalue weighted by Crippen LogP contribution is 2.28. The van der Waals surface area contributed by atoms with Crippen LogP contribution in [0.1, 0.15) is 19.4 Å². The fourth-order valence-electron chi connectivity index (χ4n) is 1.61. The molecule has 0 radical (unpaired) electrons. The molecule has 0 aliphatic carbocycles. The highest BCUT2D eigenvalue weighted by molar-refractivity contribution is 5.43. The van der Waals surface area contributed by atoms with Crippen LogP contribution in [0.25, 0.3) is 0 Å². The predicted molar refractivity (Wildman–Crippen MR) is 72.4 cm³/mol. The van der Waals surface area contributed by atoms with Crippen molar-refractivity contribution in [2.45, 2.75) is 20.4 Å². The van der Waals surface area contributed by atoms with E-state index < -0.39 is 0 Å². The van der Waals surface area contributed by atoms with Crippen molar-refractivity contribution in [3.05, 3.63) is 23.8 Å². The Bertz CT molecular complexity index is 342. The van der Waals surface area contributed by atoms with E-state index in [0.717, 1.165) is 18.0 Å². The van der Waals surface area contributed by atoms with Crippen molar-refractivity contribution in [1.29, 1.82) is 0 Å². The van der Waals surface area contributed by atoms with E-state index in [-0.39, 0.29) is 0 Å². The first kappa shape index (κ1) is 14.8. The molecule has 4 nitrogen and oxygen atoms in total. The van der Waals surface area contributed by atoms with Crippen LogP contribution in [0.2, 0.25) is 0 Å². The Hall–Kier alpha value is -1.26. The van der Waals surface area contributed by atoms with Gasteiger partial charge in [0.25, 0.3) is 0 Å². The van der Waals surface area contributed by atoms with E-state index in [1.165, 1.54) is 5.56 Å². The van der Waals surface area contributed by atoms with E-state index in [0.29, 0.717) is 26.4 Å². The normalized spacial score (nSPS) is 10.4. The monoisotopic (exact) mass is 253 g/mol. The van der Waals surface area contributed by atoms with Crippen LogP contribution < -0.4 is 14.8 Å². The number of benzene rings is 1. The van der Waals surface area contributed by atoms with Gasteiger partial charge in [-0.25, -0.2) is 0 Å². The molecule has 4 heteroatoms. The van der Waals surface area contributed by atoms with Gasteiger partial charge >= 0.3 is 0 Å². The van der Waals surface area contributed by atoms with E-state index in [1.54, 1.807) is 0 Å². The molecular weight excluding hydrogens is 230 g/mol. The van der Waals surface area contributed by atoms with Crippen molar-refractivity contribution in [3.8, 4) is 11.5 Å². The van der Waals surface area contributed by atoms with Crippen molar-refractivity contribution in [2.24, 2.45) is 0 Å². The number of hydrogen-bond donors (Lipinski definition) is 1. The van der Waals surface area contributed by atoms with Gasteiger partial charge in [-0.05, 0) is 38.6 Å². The van der Waals surface area contributed by atoms with Crippen LogP contribution in [-0.4, -0.2) is 33.5 Å². The van der Waals surface area contributed by atoms with Crippen molar-refractivity contribution in [3.63, 3.8) is 0 Å². The number of nitrogens with one attached hydrogen (secondary N) is 1. The fraction of sp³-hybridized carbons (Fsp3) is 0.571. The first-order valence-corrected chi connectivity index (χ1v) is 6.42.